The molecule has 1 aromatic heterocycles. The number of nitrogen functional groups attached to an aromatic ring is 1. The molecule has 90 valence electrons. The van der Waals surface area contributed by atoms with Crippen LogP contribution in [0.1, 0.15) is 19.5 Å². The third-order valence-corrected chi connectivity index (χ3v) is 4.15. The molecule has 16 heavy (non-hydrogen) atoms. The lowest BCUT2D eigenvalue weighted by Gasteiger charge is -2.22. The van der Waals surface area contributed by atoms with Crippen molar-refractivity contribution in [1.29, 1.82) is 0 Å². The normalized spacial score (nSPS) is 11.4. The molecule has 0 saturated heterocycles. The molecule has 0 saturated carbocycles. The zero-order valence-corrected chi connectivity index (χ0v) is 11.4. The molecule has 0 atom stereocenters. The maximum atomic E-state index is 11.6. The van der Waals surface area contributed by atoms with Gasteiger partial charge in [-0.05, 0) is 20.1 Å². The van der Waals surface area contributed by atoms with E-state index in [2.05, 4.69) is 24.1 Å². The van der Waals surface area contributed by atoms with E-state index in [0.29, 0.717) is 18.1 Å². The maximum Gasteiger partial charge on any atom is 0.226 e. The molecule has 4 nitrogen and oxygen atoms in total. The van der Waals surface area contributed by atoms with Crippen molar-refractivity contribution in [1.82, 2.24) is 10.3 Å². The van der Waals surface area contributed by atoms with Gasteiger partial charge in [0.25, 0.3) is 0 Å². The van der Waals surface area contributed by atoms with Crippen molar-refractivity contribution in [2.45, 2.75) is 25.0 Å². The van der Waals surface area contributed by atoms with Gasteiger partial charge in [-0.15, -0.1) is 11.3 Å². The van der Waals surface area contributed by atoms with Crippen molar-refractivity contribution in [3.05, 3.63) is 11.1 Å². The second-order valence-electron chi connectivity index (χ2n) is 4.09. The molecule has 0 radical (unpaired) electrons. The fraction of sp³-hybridized carbons (Fsp3) is 0.600. The van der Waals surface area contributed by atoms with Crippen molar-refractivity contribution in [3.63, 3.8) is 0 Å². The predicted molar refractivity (Wildman–Crippen MR) is 70.8 cm³/mol. The number of thioether (sulfide) groups is 1. The summed E-state index contributed by atoms with van der Waals surface area (Å²) >= 11 is 3.09. The number of rotatable bonds is 5. The summed E-state index contributed by atoms with van der Waals surface area (Å²) in [6.07, 6.45) is 2.34. The Morgan fingerprint density at radius 2 is 2.38 bits per heavy atom. The molecular weight excluding hydrogens is 242 g/mol. The van der Waals surface area contributed by atoms with Crippen molar-refractivity contribution in [2.75, 3.05) is 18.5 Å². The second-order valence-corrected chi connectivity index (χ2v) is 6.50. The average Bonchev–Trinajstić information content (AvgIpc) is 2.61. The molecule has 0 aliphatic carbocycles. The number of nitrogens with one attached hydrogen (secondary N) is 1. The fourth-order valence-electron chi connectivity index (χ4n) is 1.01. The summed E-state index contributed by atoms with van der Waals surface area (Å²) in [5.41, 5.74) is 6.23. The number of hydrogen-bond donors (Lipinski definition) is 2. The third-order valence-electron chi connectivity index (χ3n) is 2.18. The third kappa shape index (κ3) is 4.40. The molecule has 1 rings (SSSR count). The SMILES string of the molecule is CSC(C)(C)CNC(=O)Cc1csc(N)n1. The number of carbonyl (C=O) groups is 1. The van der Waals surface area contributed by atoms with Gasteiger partial charge in [0, 0.05) is 16.7 Å². The number of carbonyl (C=O) groups excluding carboxylic acids is 1. The number of aromatic nitrogens is 1. The van der Waals surface area contributed by atoms with Crippen molar-refractivity contribution >= 4 is 34.1 Å². The summed E-state index contributed by atoms with van der Waals surface area (Å²) in [7, 11) is 0. The van der Waals surface area contributed by atoms with Gasteiger partial charge in [0.1, 0.15) is 0 Å². The van der Waals surface area contributed by atoms with Gasteiger partial charge < -0.3 is 11.1 Å². The number of amides is 1. The van der Waals surface area contributed by atoms with Crippen LogP contribution in [0.25, 0.3) is 0 Å². The van der Waals surface area contributed by atoms with Gasteiger partial charge in [-0.25, -0.2) is 4.98 Å². The molecule has 3 N–H and O–H groups in total. The van der Waals surface area contributed by atoms with E-state index in [4.69, 9.17) is 5.73 Å². The summed E-state index contributed by atoms with van der Waals surface area (Å²) in [5.74, 6) is -0.00701. The van der Waals surface area contributed by atoms with Gasteiger partial charge in [-0.2, -0.15) is 11.8 Å². The average molecular weight is 259 g/mol. The molecular formula is C10H17N3OS2. The highest BCUT2D eigenvalue weighted by molar-refractivity contribution is 7.99. The second kappa shape index (κ2) is 5.54. The van der Waals surface area contributed by atoms with Crippen LogP contribution in [-0.2, 0) is 11.2 Å². The lowest BCUT2D eigenvalue weighted by molar-refractivity contribution is -0.120. The van der Waals surface area contributed by atoms with Crippen LogP contribution in [0.4, 0.5) is 5.13 Å². The van der Waals surface area contributed by atoms with Crippen molar-refractivity contribution < 1.29 is 4.79 Å². The summed E-state index contributed by atoms with van der Waals surface area (Å²) < 4.78 is 0.0662. The first kappa shape index (κ1) is 13.3. The Hall–Kier alpha value is -0.750. The number of thiazole rings is 1. The number of anilines is 1. The molecule has 0 spiro atoms. The van der Waals surface area contributed by atoms with E-state index in [9.17, 15) is 4.79 Å². The van der Waals surface area contributed by atoms with E-state index in [1.807, 2.05) is 11.6 Å². The smallest absolute Gasteiger partial charge is 0.226 e. The molecule has 0 aliphatic heterocycles. The molecule has 1 heterocycles. The summed E-state index contributed by atoms with van der Waals surface area (Å²) in [4.78, 5) is 15.6. The van der Waals surface area contributed by atoms with E-state index in [-0.39, 0.29) is 10.7 Å². The van der Waals surface area contributed by atoms with Gasteiger partial charge in [0.2, 0.25) is 5.91 Å². The molecule has 1 amide bonds. The Morgan fingerprint density at radius 3 is 2.88 bits per heavy atom. The summed E-state index contributed by atoms with van der Waals surface area (Å²) in [6.45, 7) is 4.85. The van der Waals surface area contributed by atoms with Gasteiger partial charge in [0.15, 0.2) is 5.13 Å². The Bertz CT molecular complexity index is 363. The largest absolute Gasteiger partial charge is 0.375 e. The number of hydrogen-bond acceptors (Lipinski definition) is 5. The fourth-order valence-corrected chi connectivity index (χ4v) is 1.79. The standard InChI is InChI=1S/C10H17N3OS2/c1-10(2,15-3)6-12-8(14)4-7-5-16-9(11)13-7/h5H,4,6H2,1-3H3,(H2,11,13)(H,12,14). The first-order valence-electron chi connectivity index (χ1n) is 4.95. The van der Waals surface area contributed by atoms with E-state index < -0.39 is 0 Å². The van der Waals surface area contributed by atoms with Crippen LogP contribution in [0.2, 0.25) is 0 Å². The van der Waals surface area contributed by atoms with E-state index in [1.165, 1.54) is 11.3 Å². The van der Waals surface area contributed by atoms with Crippen LogP contribution in [0.15, 0.2) is 5.38 Å². The van der Waals surface area contributed by atoms with Gasteiger partial charge in [0.05, 0.1) is 12.1 Å². The molecule has 0 unspecified atom stereocenters. The molecule has 0 bridgehead atoms. The maximum absolute atomic E-state index is 11.6. The Kier molecular flexibility index (Phi) is 4.61. The van der Waals surface area contributed by atoms with E-state index in [1.54, 1.807) is 11.8 Å². The summed E-state index contributed by atoms with van der Waals surface area (Å²) in [5, 5.41) is 5.22. The molecule has 0 fully saturated rings. The van der Waals surface area contributed by atoms with Gasteiger partial charge in [-0.1, -0.05) is 0 Å². The van der Waals surface area contributed by atoms with Crippen LogP contribution in [0.5, 0.6) is 0 Å². The minimum Gasteiger partial charge on any atom is -0.375 e. The minimum atomic E-state index is -0.00701. The lowest BCUT2D eigenvalue weighted by Crippen LogP contribution is -2.36. The highest BCUT2D eigenvalue weighted by Gasteiger charge is 2.17. The van der Waals surface area contributed by atoms with E-state index in [0.717, 1.165) is 5.69 Å². The zero-order valence-electron chi connectivity index (χ0n) is 9.74. The first-order valence-corrected chi connectivity index (χ1v) is 7.05. The van der Waals surface area contributed by atoms with Crippen LogP contribution < -0.4 is 11.1 Å². The minimum absolute atomic E-state index is 0.00701. The Morgan fingerprint density at radius 1 is 1.69 bits per heavy atom. The van der Waals surface area contributed by atoms with Crippen molar-refractivity contribution in [3.8, 4) is 0 Å². The monoisotopic (exact) mass is 259 g/mol. The molecule has 6 heteroatoms. The highest BCUT2D eigenvalue weighted by Crippen LogP contribution is 2.19. The van der Waals surface area contributed by atoms with Crippen molar-refractivity contribution in [2.24, 2.45) is 0 Å². The Balaban J connectivity index is 2.37. The van der Waals surface area contributed by atoms with Gasteiger partial charge >= 0.3 is 0 Å². The highest BCUT2D eigenvalue weighted by atomic mass is 32.2. The predicted octanol–water partition coefficient (Wildman–Crippen LogP) is 1.53. The molecule has 0 aromatic carbocycles. The van der Waals surface area contributed by atoms with Crippen LogP contribution in [0.3, 0.4) is 0 Å². The lowest BCUT2D eigenvalue weighted by atomic mass is 10.2. The molecule has 0 aliphatic rings. The van der Waals surface area contributed by atoms with Crippen LogP contribution >= 0.6 is 23.1 Å². The first-order chi connectivity index (χ1) is 7.43. The molecule has 1 aromatic rings. The zero-order chi connectivity index (χ0) is 12.2. The number of nitrogens with two attached hydrogens (primary N) is 1. The number of nitrogens with zero attached hydrogens (tertiary/aromatic N) is 1. The quantitative estimate of drug-likeness (QED) is 0.841. The topological polar surface area (TPSA) is 68.0 Å². The van der Waals surface area contributed by atoms with Crippen LogP contribution in [-0.4, -0.2) is 28.4 Å². The van der Waals surface area contributed by atoms with E-state index >= 15 is 0 Å². The van der Waals surface area contributed by atoms with Gasteiger partial charge in [-0.3, -0.25) is 4.79 Å². The van der Waals surface area contributed by atoms with Crippen LogP contribution in [0, 0.1) is 0 Å². The Labute approximate surface area is 104 Å². The summed E-state index contributed by atoms with van der Waals surface area (Å²) in [6, 6.07) is 0.